The predicted molar refractivity (Wildman–Crippen MR) is 156 cm³/mol. The van der Waals surface area contributed by atoms with E-state index in [0.29, 0.717) is 37.4 Å². The molecule has 2 saturated heterocycles. The number of nitrogens with zero attached hydrogens (tertiary/aromatic N) is 6. The van der Waals surface area contributed by atoms with E-state index in [0.717, 1.165) is 31.2 Å². The van der Waals surface area contributed by atoms with Crippen LogP contribution in [-0.4, -0.2) is 76.6 Å². The molecule has 2 aliphatic rings. The third-order valence-corrected chi connectivity index (χ3v) is 12.0. The molecule has 0 spiro atoms. The van der Waals surface area contributed by atoms with Crippen molar-refractivity contribution in [1.29, 1.82) is 0 Å². The maximum Gasteiger partial charge on any atom is 0.281 e. The van der Waals surface area contributed by atoms with Crippen LogP contribution in [0, 0.1) is 5.82 Å². The minimum Gasteiger partial charge on any atom is -0.308 e. The first kappa shape index (κ1) is 29.5. The highest BCUT2D eigenvalue weighted by molar-refractivity contribution is 7.89. The number of rotatable bonds is 7. The number of hydrogen-bond acceptors (Lipinski definition) is 8. The Morgan fingerprint density at radius 2 is 1.35 bits per heavy atom. The maximum absolute atomic E-state index is 13.4. The second-order valence-electron chi connectivity index (χ2n) is 11.0. The fourth-order valence-electron chi connectivity index (χ4n) is 5.68. The van der Waals surface area contributed by atoms with Crippen molar-refractivity contribution in [2.24, 2.45) is 0 Å². The summed E-state index contributed by atoms with van der Waals surface area (Å²) in [5, 5.41) is 8.01. The number of hydrogen-bond donors (Lipinski definition) is 1. The second-order valence-corrected chi connectivity index (χ2v) is 14.8. The van der Waals surface area contributed by atoms with Gasteiger partial charge in [0.2, 0.25) is 20.0 Å². The van der Waals surface area contributed by atoms with E-state index in [1.165, 1.54) is 49.7 Å². The Bertz CT molecular complexity index is 1880. The number of nitrogens with one attached hydrogen (secondary N) is 1. The average Bonchev–Trinajstić information content (AvgIpc) is 3.21. The molecular formula is C28H32FN7O5S2. The molecule has 0 radical (unpaired) electrons. The number of fused-ring (bicyclic) bond motifs is 1. The molecule has 43 heavy (non-hydrogen) atoms. The van der Waals surface area contributed by atoms with E-state index >= 15 is 0 Å². The number of benzene rings is 2. The van der Waals surface area contributed by atoms with Crippen LogP contribution in [-0.2, 0) is 26.6 Å². The molecule has 4 aromatic rings. The molecule has 15 heteroatoms. The smallest absolute Gasteiger partial charge is 0.281 e. The van der Waals surface area contributed by atoms with Gasteiger partial charge < -0.3 is 4.98 Å². The quantitative estimate of drug-likeness (QED) is 0.328. The molecule has 0 aliphatic carbocycles. The third-order valence-electron chi connectivity index (χ3n) is 8.14. The molecular weight excluding hydrogens is 597 g/mol. The first-order valence-electron chi connectivity index (χ1n) is 14.3. The van der Waals surface area contributed by atoms with Gasteiger partial charge in [0, 0.05) is 32.1 Å². The topological polar surface area (TPSA) is 151 Å². The Labute approximate surface area is 248 Å². The van der Waals surface area contributed by atoms with Crippen molar-refractivity contribution in [2.45, 2.75) is 60.8 Å². The molecule has 6 rings (SSSR count). The Morgan fingerprint density at radius 1 is 0.791 bits per heavy atom. The third kappa shape index (κ3) is 5.98. The van der Waals surface area contributed by atoms with Gasteiger partial charge in [0.15, 0.2) is 11.2 Å². The van der Waals surface area contributed by atoms with Crippen LogP contribution in [0.1, 0.15) is 55.8 Å². The summed E-state index contributed by atoms with van der Waals surface area (Å²) in [7, 11) is -7.54. The van der Waals surface area contributed by atoms with Gasteiger partial charge in [-0.05, 0) is 67.6 Å². The second kappa shape index (κ2) is 11.9. The summed E-state index contributed by atoms with van der Waals surface area (Å²) in [5.74, 6) is -0.121. The molecule has 12 nitrogen and oxygen atoms in total. The minimum absolute atomic E-state index is 0.0319. The predicted octanol–water partition coefficient (Wildman–Crippen LogP) is 2.84. The van der Waals surface area contributed by atoms with Crippen molar-refractivity contribution in [1.82, 2.24) is 33.6 Å². The van der Waals surface area contributed by atoms with E-state index < -0.39 is 25.6 Å². The summed E-state index contributed by atoms with van der Waals surface area (Å²) in [6, 6.07) is 11.4. The molecule has 2 aromatic heterocycles. The van der Waals surface area contributed by atoms with Crippen LogP contribution in [0.25, 0.3) is 11.2 Å². The van der Waals surface area contributed by atoms with Crippen molar-refractivity contribution >= 4 is 31.2 Å². The van der Waals surface area contributed by atoms with Crippen LogP contribution in [0.5, 0.6) is 0 Å². The maximum atomic E-state index is 13.4. The zero-order valence-corrected chi connectivity index (χ0v) is 25.0. The Hall–Kier alpha value is -3.53. The van der Waals surface area contributed by atoms with Crippen LogP contribution in [0.4, 0.5) is 4.39 Å². The van der Waals surface area contributed by atoms with E-state index in [1.54, 1.807) is 12.1 Å². The summed E-state index contributed by atoms with van der Waals surface area (Å²) in [6.07, 6.45) is 4.48. The van der Waals surface area contributed by atoms with Gasteiger partial charge in [0.1, 0.15) is 11.6 Å². The monoisotopic (exact) mass is 629 g/mol. The van der Waals surface area contributed by atoms with Gasteiger partial charge in [-0.1, -0.05) is 30.2 Å². The highest BCUT2D eigenvalue weighted by Gasteiger charge is 2.32. The Kier molecular flexibility index (Phi) is 8.15. The fraction of sp³-hybridized carbons (Fsp3) is 0.429. The highest BCUT2D eigenvalue weighted by Crippen LogP contribution is 2.30. The highest BCUT2D eigenvalue weighted by atomic mass is 32.2. The normalized spacial score (nSPS) is 18.2. The summed E-state index contributed by atoms with van der Waals surface area (Å²) in [4.78, 5) is 20.3. The SMILES string of the molecule is O=c1[nH]c(C2CCN(S(=O)(=O)c3ccc(S(=O)(=O)N4CCCCCC4)cc3)CC2)nc2c1nnn2Cc1ccc(F)cc1. The first-order chi connectivity index (χ1) is 20.6. The summed E-state index contributed by atoms with van der Waals surface area (Å²) in [5.41, 5.74) is 0.721. The first-order valence-corrected chi connectivity index (χ1v) is 17.2. The lowest BCUT2D eigenvalue weighted by Gasteiger charge is -2.30. The molecule has 4 heterocycles. The largest absolute Gasteiger partial charge is 0.308 e. The van der Waals surface area contributed by atoms with Crippen LogP contribution in [0.2, 0.25) is 0 Å². The van der Waals surface area contributed by atoms with Gasteiger partial charge in [0.05, 0.1) is 16.3 Å². The van der Waals surface area contributed by atoms with Crippen molar-refractivity contribution in [3.05, 3.63) is 76.1 Å². The van der Waals surface area contributed by atoms with Crippen molar-refractivity contribution in [2.75, 3.05) is 26.2 Å². The molecule has 0 unspecified atom stereocenters. The lowest BCUT2D eigenvalue weighted by molar-refractivity contribution is 0.313. The summed E-state index contributed by atoms with van der Waals surface area (Å²) < 4.78 is 70.7. The summed E-state index contributed by atoms with van der Waals surface area (Å²) in [6.45, 7) is 1.60. The van der Waals surface area contributed by atoms with Gasteiger partial charge in [-0.3, -0.25) is 4.79 Å². The van der Waals surface area contributed by atoms with E-state index in [9.17, 15) is 26.0 Å². The van der Waals surface area contributed by atoms with Gasteiger partial charge in [-0.25, -0.2) is 30.9 Å². The number of aromatic amines is 1. The number of H-pyrrole nitrogens is 1. The van der Waals surface area contributed by atoms with E-state index in [-0.39, 0.29) is 46.7 Å². The zero-order valence-electron chi connectivity index (χ0n) is 23.4. The summed E-state index contributed by atoms with van der Waals surface area (Å²) >= 11 is 0. The lowest BCUT2D eigenvalue weighted by atomic mass is 9.97. The van der Waals surface area contributed by atoms with E-state index in [1.807, 2.05) is 0 Å². The van der Waals surface area contributed by atoms with Gasteiger partial charge in [0.25, 0.3) is 5.56 Å². The molecule has 2 aliphatic heterocycles. The number of aromatic nitrogens is 5. The van der Waals surface area contributed by atoms with Crippen molar-refractivity contribution in [3.8, 4) is 0 Å². The molecule has 2 aromatic carbocycles. The molecule has 0 atom stereocenters. The van der Waals surface area contributed by atoms with Crippen LogP contribution in [0.3, 0.4) is 0 Å². The number of sulfonamides is 2. The number of halogens is 1. The van der Waals surface area contributed by atoms with E-state index in [4.69, 9.17) is 0 Å². The van der Waals surface area contributed by atoms with Crippen LogP contribution >= 0.6 is 0 Å². The molecule has 2 fully saturated rings. The van der Waals surface area contributed by atoms with Crippen LogP contribution in [0.15, 0.2) is 63.1 Å². The van der Waals surface area contributed by atoms with Gasteiger partial charge >= 0.3 is 0 Å². The Morgan fingerprint density at radius 3 is 1.93 bits per heavy atom. The molecule has 0 saturated carbocycles. The van der Waals surface area contributed by atoms with Crippen molar-refractivity contribution in [3.63, 3.8) is 0 Å². The molecule has 0 amide bonds. The molecule has 0 bridgehead atoms. The van der Waals surface area contributed by atoms with Gasteiger partial charge in [-0.15, -0.1) is 5.10 Å². The molecule has 1 N–H and O–H groups in total. The zero-order chi connectivity index (χ0) is 30.2. The fourth-order valence-corrected chi connectivity index (χ4v) is 8.67. The van der Waals surface area contributed by atoms with Crippen molar-refractivity contribution < 1.29 is 21.2 Å². The van der Waals surface area contributed by atoms with Crippen LogP contribution < -0.4 is 5.56 Å². The average molecular weight is 630 g/mol. The number of piperidine rings is 1. The lowest BCUT2D eigenvalue weighted by Crippen LogP contribution is -2.38. The van der Waals surface area contributed by atoms with E-state index in [2.05, 4.69) is 20.3 Å². The standard InChI is InChI=1S/C28H32FN7O5S2/c29-22-7-5-20(6-8-22)19-36-27-25(32-33-36)28(37)31-26(30-27)21-13-17-35(18-14-21)43(40,41)24-11-9-23(10-12-24)42(38,39)34-15-3-1-2-4-16-34/h5-12,21H,1-4,13-19H2,(H,30,31,37). The Balaban J connectivity index is 1.15. The minimum atomic E-state index is -3.86. The van der Waals surface area contributed by atoms with Gasteiger partial charge in [-0.2, -0.15) is 8.61 Å². The molecule has 228 valence electrons.